The van der Waals surface area contributed by atoms with E-state index >= 15 is 0 Å². The molecule has 0 aliphatic carbocycles. The van der Waals surface area contributed by atoms with Crippen LogP contribution in [-0.2, 0) is 4.74 Å². The van der Waals surface area contributed by atoms with Gasteiger partial charge in [0.15, 0.2) is 0 Å². The number of ether oxygens (including phenoxy) is 2. The quantitative estimate of drug-likeness (QED) is 0.705. The van der Waals surface area contributed by atoms with Crippen LogP contribution in [0.4, 0.5) is 0 Å². The van der Waals surface area contributed by atoms with Crippen LogP contribution in [0.15, 0.2) is 24.3 Å². The van der Waals surface area contributed by atoms with Gasteiger partial charge in [-0.15, -0.1) is 0 Å². The molecule has 1 aromatic rings. The van der Waals surface area contributed by atoms with Crippen molar-refractivity contribution in [3.8, 4) is 5.75 Å². The Balaban J connectivity index is 1.99. The van der Waals surface area contributed by atoms with Crippen molar-refractivity contribution in [2.75, 3.05) is 33.4 Å². The summed E-state index contributed by atoms with van der Waals surface area (Å²) in [4.78, 5) is 0. The lowest BCUT2D eigenvalue weighted by molar-refractivity contribution is 0.171. The molecule has 0 aromatic heterocycles. The maximum atomic E-state index is 5.85. The van der Waals surface area contributed by atoms with Crippen LogP contribution < -0.4 is 10.1 Å². The molecule has 1 atom stereocenters. The van der Waals surface area contributed by atoms with Crippen molar-refractivity contribution in [1.29, 1.82) is 0 Å². The first kappa shape index (κ1) is 16.3. The van der Waals surface area contributed by atoms with E-state index in [1.807, 2.05) is 0 Å². The number of fused-ring (bicyclic) bond motifs is 1. The van der Waals surface area contributed by atoms with Crippen LogP contribution in [0.5, 0.6) is 5.75 Å². The number of hydrogen-bond donors (Lipinski definition) is 1. The molecular formula is C18H29NO2. The summed E-state index contributed by atoms with van der Waals surface area (Å²) in [6, 6.07) is 8.49. The largest absolute Gasteiger partial charge is 0.493 e. The molecule has 2 rings (SSSR count). The summed E-state index contributed by atoms with van der Waals surface area (Å²) < 4.78 is 11.0. The number of methoxy groups -OCH3 is 1. The third-order valence-electron chi connectivity index (χ3n) is 4.96. The fraction of sp³-hybridized carbons (Fsp3) is 0.667. The van der Waals surface area contributed by atoms with Gasteiger partial charge in [0.25, 0.3) is 0 Å². The molecule has 0 saturated heterocycles. The third kappa shape index (κ3) is 3.98. The first-order valence-corrected chi connectivity index (χ1v) is 8.16. The first-order chi connectivity index (χ1) is 10.2. The number of benzene rings is 1. The summed E-state index contributed by atoms with van der Waals surface area (Å²) in [6.07, 6.45) is 3.58. The van der Waals surface area contributed by atoms with Crippen LogP contribution in [0.25, 0.3) is 0 Å². The minimum Gasteiger partial charge on any atom is -0.493 e. The molecule has 1 aliphatic heterocycles. The zero-order valence-electron chi connectivity index (χ0n) is 13.7. The van der Waals surface area contributed by atoms with E-state index < -0.39 is 0 Å². The molecule has 21 heavy (non-hydrogen) atoms. The normalized spacial score (nSPS) is 17.6. The van der Waals surface area contributed by atoms with E-state index in [4.69, 9.17) is 9.47 Å². The minimum atomic E-state index is 0.346. The van der Waals surface area contributed by atoms with Crippen LogP contribution in [0, 0.1) is 5.41 Å². The molecule has 1 unspecified atom stereocenters. The van der Waals surface area contributed by atoms with E-state index in [2.05, 4.69) is 43.4 Å². The third-order valence-corrected chi connectivity index (χ3v) is 4.96. The Kier molecular flexibility index (Phi) is 6.07. The van der Waals surface area contributed by atoms with Gasteiger partial charge in [-0.1, -0.05) is 32.0 Å². The average Bonchev–Trinajstić information content (AvgIpc) is 2.93. The molecule has 118 valence electrons. The molecular weight excluding hydrogens is 262 g/mol. The maximum absolute atomic E-state index is 5.85. The molecule has 1 heterocycles. The molecule has 3 heteroatoms. The van der Waals surface area contributed by atoms with Crippen LogP contribution >= 0.6 is 0 Å². The Hall–Kier alpha value is -1.06. The van der Waals surface area contributed by atoms with Gasteiger partial charge in [0.2, 0.25) is 0 Å². The smallest absolute Gasteiger partial charge is 0.122 e. The summed E-state index contributed by atoms with van der Waals surface area (Å²) in [7, 11) is 1.75. The van der Waals surface area contributed by atoms with Crippen LogP contribution in [-0.4, -0.2) is 33.4 Å². The highest BCUT2D eigenvalue weighted by Gasteiger charge is 2.33. The number of rotatable bonds is 9. The molecule has 1 aromatic carbocycles. The lowest BCUT2D eigenvalue weighted by atomic mass is 9.73. The van der Waals surface area contributed by atoms with Gasteiger partial charge < -0.3 is 14.8 Å². The van der Waals surface area contributed by atoms with Crippen LogP contribution in [0.3, 0.4) is 0 Å². The summed E-state index contributed by atoms with van der Waals surface area (Å²) in [6.45, 7) is 8.21. The summed E-state index contributed by atoms with van der Waals surface area (Å²) in [5.74, 6) is 1.61. The summed E-state index contributed by atoms with van der Waals surface area (Å²) in [5, 5.41) is 3.56. The van der Waals surface area contributed by atoms with Gasteiger partial charge in [-0.25, -0.2) is 0 Å². The topological polar surface area (TPSA) is 30.5 Å². The molecule has 0 radical (unpaired) electrons. The molecule has 0 bridgehead atoms. The molecule has 1 aliphatic rings. The minimum absolute atomic E-state index is 0.346. The Morgan fingerprint density at radius 3 is 2.76 bits per heavy atom. The monoisotopic (exact) mass is 291 g/mol. The van der Waals surface area contributed by atoms with E-state index in [0.717, 1.165) is 32.1 Å². The zero-order valence-corrected chi connectivity index (χ0v) is 13.7. The number of para-hydroxylation sites is 1. The number of nitrogens with one attached hydrogen (secondary N) is 1. The Bertz CT molecular complexity index is 429. The second-order valence-corrected chi connectivity index (χ2v) is 6.13. The lowest BCUT2D eigenvalue weighted by Crippen LogP contribution is -2.36. The first-order valence-electron chi connectivity index (χ1n) is 8.16. The highest BCUT2D eigenvalue weighted by molar-refractivity contribution is 5.39. The second-order valence-electron chi connectivity index (χ2n) is 6.13. The van der Waals surface area contributed by atoms with Crippen LogP contribution in [0.1, 0.15) is 44.6 Å². The Morgan fingerprint density at radius 1 is 1.29 bits per heavy atom. The highest BCUT2D eigenvalue weighted by Crippen LogP contribution is 2.43. The molecule has 0 saturated carbocycles. The molecule has 0 fully saturated rings. The van der Waals surface area contributed by atoms with Gasteiger partial charge in [-0.05, 0) is 30.7 Å². The molecule has 3 nitrogen and oxygen atoms in total. The van der Waals surface area contributed by atoms with Crippen molar-refractivity contribution >= 4 is 0 Å². The van der Waals surface area contributed by atoms with E-state index in [0.29, 0.717) is 11.3 Å². The van der Waals surface area contributed by atoms with Gasteiger partial charge in [-0.3, -0.25) is 0 Å². The second kappa shape index (κ2) is 7.81. The summed E-state index contributed by atoms with van der Waals surface area (Å²) >= 11 is 0. The van der Waals surface area contributed by atoms with Crippen molar-refractivity contribution < 1.29 is 9.47 Å². The molecule has 0 amide bonds. The van der Waals surface area contributed by atoms with Gasteiger partial charge in [0.1, 0.15) is 5.75 Å². The van der Waals surface area contributed by atoms with Crippen molar-refractivity contribution in [2.24, 2.45) is 5.41 Å². The van der Waals surface area contributed by atoms with E-state index in [1.165, 1.54) is 24.8 Å². The predicted octanol–water partition coefficient (Wildman–Crippen LogP) is 3.60. The fourth-order valence-corrected chi connectivity index (χ4v) is 3.31. The van der Waals surface area contributed by atoms with E-state index in [1.54, 1.807) is 7.11 Å². The van der Waals surface area contributed by atoms with Gasteiger partial charge >= 0.3 is 0 Å². The summed E-state index contributed by atoms with van der Waals surface area (Å²) in [5.41, 5.74) is 1.74. The number of hydrogen-bond acceptors (Lipinski definition) is 3. The molecule has 0 spiro atoms. The standard InChI is InChI=1S/C18H29NO2/c1-4-18(5-2,14-19-10-11-20-3)12-15-13-21-17-9-7-6-8-16(15)17/h6-9,15,19H,4-5,10-14H2,1-3H3. The van der Waals surface area contributed by atoms with Crippen molar-refractivity contribution in [3.05, 3.63) is 29.8 Å². The average molecular weight is 291 g/mol. The SMILES string of the molecule is CCC(CC)(CNCCOC)CC1COc2ccccc21. The van der Waals surface area contributed by atoms with Crippen LogP contribution in [0.2, 0.25) is 0 Å². The van der Waals surface area contributed by atoms with Gasteiger partial charge in [0, 0.05) is 31.7 Å². The van der Waals surface area contributed by atoms with E-state index in [-0.39, 0.29) is 0 Å². The predicted molar refractivity (Wildman–Crippen MR) is 87.1 cm³/mol. The van der Waals surface area contributed by atoms with Crippen molar-refractivity contribution in [2.45, 2.75) is 39.0 Å². The van der Waals surface area contributed by atoms with Crippen molar-refractivity contribution in [3.63, 3.8) is 0 Å². The van der Waals surface area contributed by atoms with Crippen molar-refractivity contribution in [1.82, 2.24) is 5.32 Å². The van der Waals surface area contributed by atoms with E-state index in [9.17, 15) is 0 Å². The Labute approximate surface area is 129 Å². The van der Waals surface area contributed by atoms with Gasteiger partial charge in [-0.2, -0.15) is 0 Å². The fourth-order valence-electron chi connectivity index (χ4n) is 3.31. The zero-order chi connectivity index (χ0) is 15.1. The Morgan fingerprint density at radius 2 is 2.05 bits per heavy atom. The maximum Gasteiger partial charge on any atom is 0.122 e. The molecule has 1 N–H and O–H groups in total. The lowest BCUT2D eigenvalue weighted by Gasteiger charge is -2.34. The van der Waals surface area contributed by atoms with Gasteiger partial charge in [0.05, 0.1) is 13.2 Å². The highest BCUT2D eigenvalue weighted by atomic mass is 16.5.